The Balaban J connectivity index is 1.83. The molecule has 0 bridgehead atoms. The van der Waals surface area contributed by atoms with Crippen molar-refractivity contribution in [2.75, 3.05) is 46.4 Å². The quantitative estimate of drug-likeness (QED) is 0.721. The van der Waals surface area contributed by atoms with Crippen molar-refractivity contribution in [1.82, 2.24) is 9.80 Å². The maximum absolute atomic E-state index is 5.16. The average molecular weight is 226 g/mol. The van der Waals surface area contributed by atoms with Crippen molar-refractivity contribution >= 4 is 0 Å². The Labute approximate surface area is 99.7 Å². The predicted molar refractivity (Wildman–Crippen MR) is 66.7 cm³/mol. The first-order valence-corrected chi connectivity index (χ1v) is 6.61. The summed E-state index contributed by atoms with van der Waals surface area (Å²) in [6.07, 6.45) is 2.79. The van der Waals surface area contributed by atoms with Crippen LogP contribution in [0.4, 0.5) is 0 Å². The standard InChI is InChI=1S/C13H26N2O/c1-12(2)15-7-5-13(11-15)4-6-14(10-13)8-9-16-3/h12H,4-11H2,1-3H3. The molecule has 2 aliphatic heterocycles. The molecular weight excluding hydrogens is 200 g/mol. The number of hydrogen-bond donors (Lipinski definition) is 0. The highest BCUT2D eigenvalue weighted by Gasteiger charge is 2.43. The normalized spacial score (nSPS) is 32.2. The SMILES string of the molecule is COCCN1CCC2(CCN(C(C)C)C2)C1. The first-order chi connectivity index (χ1) is 7.65. The Bertz CT molecular complexity index is 232. The molecule has 0 radical (unpaired) electrons. The van der Waals surface area contributed by atoms with Gasteiger partial charge in [-0.1, -0.05) is 0 Å². The van der Waals surface area contributed by atoms with Gasteiger partial charge in [-0.25, -0.2) is 0 Å². The van der Waals surface area contributed by atoms with Crippen LogP contribution in [0.15, 0.2) is 0 Å². The first kappa shape index (κ1) is 12.3. The lowest BCUT2D eigenvalue weighted by molar-refractivity contribution is 0.150. The van der Waals surface area contributed by atoms with Gasteiger partial charge in [0.1, 0.15) is 0 Å². The summed E-state index contributed by atoms with van der Waals surface area (Å²) in [7, 11) is 1.79. The molecule has 94 valence electrons. The molecule has 0 saturated carbocycles. The van der Waals surface area contributed by atoms with E-state index in [9.17, 15) is 0 Å². The second kappa shape index (κ2) is 5.03. The molecule has 1 atom stereocenters. The molecule has 1 unspecified atom stereocenters. The lowest BCUT2D eigenvalue weighted by Gasteiger charge is -2.26. The molecule has 2 aliphatic rings. The van der Waals surface area contributed by atoms with Gasteiger partial charge in [-0.05, 0) is 45.2 Å². The molecule has 3 nitrogen and oxygen atoms in total. The van der Waals surface area contributed by atoms with Crippen molar-refractivity contribution in [3.63, 3.8) is 0 Å². The molecule has 0 aliphatic carbocycles. The van der Waals surface area contributed by atoms with Crippen molar-refractivity contribution in [2.45, 2.75) is 32.7 Å². The summed E-state index contributed by atoms with van der Waals surface area (Å²) in [4.78, 5) is 5.22. The van der Waals surface area contributed by atoms with Crippen molar-refractivity contribution in [3.05, 3.63) is 0 Å². The third kappa shape index (κ3) is 2.58. The van der Waals surface area contributed by atoms with Crippen LogP contribution in [-0.2, 0) is 4.74 Å². The van der Waals surface area contributed by atoms with E-state index in [4.69, 9.17) is 4.74 Å². The number of rotatable bonds is 4. The maximum atomic E-state index is 5.16. The van der Waals surface area contributed by atoms with Crippen LogP contribution in [0.1, 0.15) is 26.7 Å². The van der Waals surface area contributed by atoms with E-state index in [1.165, 1.54) is 39.0 Å². The van der Waals surface area contributed by atoms with E-state index < -0.39 is 0 Å². The molecule has 0 N–H and O–H groups in total. The Morgan fingerprint density at radius 2 is 1.94 bits per heavy atom. The number of hydrogen-bond acceptors (Lipinski definition) is 3. The zero-order valence-electron chi connectivity index (χ0n) is 11.0. The Hall–Kier alpha value is -0.120. The highest BCUT2D eigenvalue weighted by atomic mass is 16.5. The van der Waals surface area contributed by atoms with Crippen LogP contribution in [0, 0.1) is 5.41 Å². The number of methoxy groups -OCH3 is 1. The third-order valence-corrected chi connectivity index (χ3v) is 4.33. The summed E-state index contributed by atoms with van der Waals surface area (Å²) in [6.45, 7) is 11.8. The molecule has 0 aromatic heterocycles. The van der Waals surface area contributed by atoms with Crippen LogP contribution < -0.4 is 0 Å². The van der Waals surface area contributed by atoms with Gasteiger partial charge in [0, 0.05) is 32.8 Å². The molecule has 2 heterocycles. The lowest BCUT2D eigenvalue weighted by atomic mass is 9.86. The van der Waals surface area contributed by atoms with E-state index in [-0.39, 0.29) is 0 Å². The smallest absolute Gasteiger partial charge is 0.0589 e. The van der Waals surface area contributed by atoms with Gasteiger partial charge in [0.2, 0.25) is 0 Å². The second-order valence-corrected chi connectivity index (χ2v) is 5.83. The molecule has 0 aromatic carbocycles. The molecule has 2 saturated heterocycles. The first-order valence-electron chi connectivity index (χ1n) is 6.61. The van der Waals surface area contributed by atoms with Crippen molar-refractivity contribution in [2.24, 2.45) is 5.41 Å². The third-order valence-electron chi connectivity index (χ3n) is 4.33. The highest BCUT2D eigenvalue weighted by molar-refractivity contribution is 4.97. The van der Waals surface area contributed by atoms with Crippen LogP contribution >= 0.6 is 0 Å². The average Bonchev–Trinajstić information content (AvgIpc) is 2.84. The minimum Gasteiger partial charge on any atom is -0.383 e. The highest BCUT2D eigenvalue weighted by Crippen LogP contribution is 2.39. The Kier molecular flexibility index (Phi) is 3.88. The monoisotopic (exact) mass is 226 g/mol. The molecule has 0 aromatic rings. The summed E-state index contributed by atoms with van der Waals surface area (Å²) in [6, 6.07) is 0.715. The Morgan fingerprint density at radius 3 is 2.56 bits per heavy atom. The largest absolute Gasteiger partial charge is 0.383 e. The van der Waals surface area contributed by atoms with Gasteiger partial charge in [0.15, 0.2) is 0 Å². The Morgan fingerprint density at radius 1 is 1.19 bits per heavy atom. The summed E-state index contributed by atoms with van der Waals surface area (Å²) in [5, 5.41) is 0. The lowest BCUT2D eigenvalue weighted by Crippen LogP contribution is -2.34. The molecule has 2 fully saturated rings. The fraction of sp³-hybridized carbons (Fsp3) is 1.00. The second-order valence-electron chi connectivity index (χ2n) is 5.83. The van der Waals surface area contributed by atoms with Crippen LogP contribution in [0.2, 0.25) is 0 Å². The fourth-order valence-corrected chi connectivity index (χ4v) is 3.18. The molecule has 16 heavy (non-hydrogen) atoms. The predicted octanol–water partition coefficient (Wildman–Crippen LogP) is 1.44. The number of nitrogens with zero attached hydrogens (tertiary/aromatic N) is 2. The number of likely N-dealkylation sites (tertiary alicyclic amines) is 2. The number of ether oxygens (including phenoxy) is 1. The summed E-state index contributed by atoms with van der Waals surface area (Å²) in [5.74, 6) is 0. The minimum absolute atomic E-state index is 0.609. The van der Waals surface area contributed by atoms with Gasteiger partial charge in [-0.2, -0.15) is 0 Å². The van der Waals surface area contributed by atoms with Crippen LogP contribution in [-0.4, -0.2) is 62.3 Å². The van der Waals surface area contributed by atoms with E-state index >= 15 is 0 Å². The molecule has 2 rings (SSSR count). The van der Waals surface area contributed by atoms with E-state index in [1.807, 2.05) is 0 Å². The topological polar surface area (TPSA) is 15.7 Å². The maximum Gasteiger partial charge on any atom is 0.0589 e. The van der Waals surface area contributed by atoms with E-state index in [0.717, 1.165) is 13.2 Å². The fourth-order valence-electron chi connectivity index (χ4n) is 3.18. The van der Waals surface area contributed by atoms with Gasteiger partial charge in [-0.15, -0.1) is 0 Å². The van der Waals surface area contributed by atoms with Gasteiger partial charge < -0.3 is 14.5 Å². The van der Waals surface area contributed by atoms with Crippen molar-refractivity contribution in [3.8, 4) is 0 Å². The van der Waals surface area contributed by atoms with Gasteiger partial charge in [0.05, 0.1) is 6.61 Å². The van der Waals surface area contributed by atoms with Gasteiger partial charge in [-0.3, -0.25) is 0 Å². The zero-order valence-corrected chi connectivity index (χ0v) is 11.0. The van der Waals surface area contributed by atoms with Crippen LogP contribution in [0.5, 0.6) is 0 Å². The zero-order chi connectivity index (χ0) is 11.6. The van der Waals surface area contributed by atoms with Crippen molar-refractivity contribution < 1.29 is 4.74 Å². The summed E-state index contributed by atoms with van der Waals surface area (Å²) < 4.78 is 5.16. The summed E-state index contributed by atoms with van der Waals surface area (Å²) >= 11 is 0. The van der Waals surface area contributed by atoms with Crippen molar-refractivity contribution in [1.29, 1.82) is 0 Å². The van der Waals surface area contributed by atoms with Gasteiger partial charge >= 0.3 is 0 Å². The molecule has 0 amide bonds. The van der Waals surface area contributed by atoms with Gasteiger partial charge in [0.25, 0.3) is 0 Å². The molecule has 1 spiro atoms. The molecular formula is C13H26N2O. The van der Waals surface area contributed by atoms with E-state index in [1.54, 1.807) is 7.11 Å². The van der Waals surface area contributed by atoms with Crippen LogP contribution in [0.25, 0.3) is 0 Å². The molecule has 3 heteroatoms. The van der Waals surface area contributed by atoms with E-state index in [2.05, 4.69) is 23.6 Å². The minimum atomic E-state index is 0.609. The summed E-state index contributed by atoms with van der Waals surface area (Å²) in [5.41, 5.74) is 0.609. The van der Waals surface area contributed by atoms with E-state index in [0.29, 0.717) is 11.5 Å². The van der Waals surface area contributed by atoms with Crippen LogP contribution in [0.3, 0.4) is 0 Å².